The van der Waals surface area contributed by atoms with Gasteiger partial charge in [0.1, 0.15) is 5.60 Å². The quantitative estimate of drug-likeness (QED) is 0.864. The van der Waals surface area contributed by atoms with Gasteiger partial charge in [-0.25, -0.2) is 4.79 Å². The third-order valence-electron chi connectivity index (χ3n) is 3.85. The zero-order valence-electron chi connectivity index (χ0n) is 14.2. The maximum atomic E-state index is 12.5. The molecule has 0 radical (unpaired) electrons. The zero-order chi connectivity index (χ0) is 15.9. The summed E-state index contributed by atoms with van der Waals surface area (Å²) in [5.41, 5.74) is -0.791. The molecule has 20 heavy (non-hydrogen) atoms. The highest BCUT2D eigenvalue weighted by Crippen LogP contribution is 2.46. The fraction of sp³-hybridized carbons (Fsp3) is 0.938. The van der Waals surface area contributed by atoms with E-state index in [4.69, 9.17) is 4.74 Å². The Morgan fingerprint density at radius 1 is 1.15 bits per heavy atom. The summed E-state index contributed by atoms with van der Waals surface area (Å²) in [5.74, 6) is 0.666. The number of carbonyl (C=O) groups is 1. The summed E-state index contributed by atoms with van der Waals surface area (Å²) in [6.07, 6.45) is 0.408. The Morgan fingerprint density at radius 2 is 1.65 bits per heavy atom. The highest BCUT2D eigenvalue weighted by molar-refractivity contribution is 5.69. The van der Waals surface area contributed by atoms with E-state index >= 15 is 0 Å². The molecule has 118 valence electrons. The molecule has 0 spiro atoms. The Labute approximate surface area is 123 Å². The summed E-state index contributed by atoms with van der Waals surface area (Å²) < 4.78 is 5.55. The molecule has 1 rings (SSSR count). The van der Waals surface area contributed by atoms with Crippen molar-refractivity contribution in [2.75, 3.05) is 0 Å². The van der Waals surface area contributed by atoms with Crippen molar-refractivity contribution in [1.82, 2.24) is 4.90 Å². The summed E-state index contributed by atoms with van der Waals surface area (Å²) in [4.78, 5) is 14.3. The van der Waals surface area contributed by atoms with Gasteiger partial charge in [0.25, 0.3) is 0 Å². The molecule has 1 aliphatic rings. The maximum Gasteiger partial charge on any atom is 0.410 e. The summed E-state index contributed by atoms with van der Waals surface area (Å²) in [5, 5.41) is 9.69. The van der Waals surface area contributed by atoms with E-state index in [1.54, 1.807) is 0 Å². The number of aliphatic hydroxyl groups excluding tert-OH is 1. The van der Waals surface area contributed by atoms with Crippen molar-refractivity contribution in [1.29, 1.82) is 0 Å². The largest absolute Gasteiger partial charge is 0.444 e. The van der Waals surface area contributed by atoms with Crippen LogP contribution in [0.1, 0.15) is 61.8 Å². The van der Waals surface area contributed by atoms with Crippen molar-refractivity contribution < 1.29 is 14.6 Å². The number of rotatable bonds is 3. The van der Waals surface area contributed by atoms with Crippen LogP contribution in [0.3, 0.4) is 0 Å². The number of ether oxygens (including phenoxy) is 1. The van der Waals surface area contributed by atoms with Crippen molar-refractivity contribution in [2.24, 2.45) is 11.8 Å². The normalized spacial score (nSPS) is 25.9. The number of hydrogen-bond donors (Lipinski definition) is 1. The topological polar surface area (TPSA) is 49.8 Å². The Balaban J connectivity index is 2.84. The van der Waals surface area contributed by atoms with Gasteiger partial charge < -0.3 is 14.7 Å². The molecule has 1 aliphatic carbocycles. The van der Waals surface area contributed by atoms with E-state index in [2.05, 4.69) is 6.92 Å². The Bertz CT molecular complexity index is 352. The van der Waals surface area contributed by atoms with Gasteiger partial charge in [-0.15, -0.1) is 0 Å². The summed E-state index contributed by atoms with van der Waals surface area (Å²) in [6.45, 7) is 15.6. The summed E-state index contributed by atoms with van der Waals surface area (Å²) >= 11 is 0. The lowest BCUT2D eigenvalue weighted by Crippen LogP contribution is -2.53. The monoisotopic (exact) mass is 285 g/mol. The van der Waals surface area contributed by atoms with E-state index in [9.17, 15) is 9.90 Å². The molecule has 0 aromatic carbocycles. The minimum absolute atomic E-state index is 0.0736. The van der Waals surface area contributed by atoms with E-state index in [-0.39, 0.29) is 23.8 Å². The van der Waals surface area contributed by atoms with Crippen molar-refractivity contribution in [3.8, 4) is 0 Å². The molecule has 0 saturated heterocycles. The molecule has 0 aromatic rings. The first kappa shape index (κ1) is 17.3. The second kappa shape index (κ2) is 5.55. The van der Waals surface area contributed by atoms with Crippen molar-refractivity contribution in [3.63, 3.8) is 0 Å². The predicted octanol–water partition coefficient (Wildman–Crippen LogP) is 3.43. The molecule has 4 atom stereocenters. The molecule has 0 heterocycles. The average Bonchev–Trinajstić information content (AvgIpc) is 2.89. The minimum Gasteiger partial charge on any atom is -0.444 e. The van der Waals surface area contributed by atoms with Gasteiger partial charge in [-0.2, -0.15) is 0 Å². The second-order valence-electron chi connectivity index (χ2n) is 8.07. The number of aliphatic hydroxyl groups is 1. The maximum absolute atomic E-state index is 12.5. The number of hydrogen-bond acceptors (Lipinski definition) is 3. The first-order valence-corrected chi connectivity index (χ1v) is 7.55. The molecule has 0 unspecified atom stereocenters. The standard InChI is InChI=1S/C16H31NO3/c1-10(12-9-13(12)11(2)18)17(15(3,4)5)14(19)20-16(6,7)8/h10-13,18H,9H2,1-8H3/t10-,11-,12-,13+/m0/s1. The molecular weight excluding hydrogens is 254 g/mol. The molecule has 4 heteroatoms. The lowest BCUT2D eigenvalue weighted by Gasteiger charge is -2.41. The second-order valence-corrected chi connectivity index (χ2v) is 8.07. The van der Waals surface area contributed by atoms with Crippen LogP contribution in [0.5, 0.6) is 0 Å². The highest BCUT2D eigenvalue weighted by atomic mass is 16.6. The molecule has 0 bridgehead atoms. The molecule has 1 N–H and O–H groups in total. The van der Waals surface area contributed by atoms with Crippen molar-refractivity contribution in [3.05, 3.63) is 0 Å². The number of carbonyl (C=O) groups excluding carboxylic acids is 1. The van der Waals surface area contributed by atoms with Crippen LogP contribution >= 0.6 is 0 Å². The number of nitrogens with zero attached hydrogens (tertiary/aromatic N) is 1. The van der Waals surface area contributed by atoms with Crippen molar-refractivity contribution in [2.45, 2.75) is 85.1 Å². The molecule has 1 saturated carbocycles. The average molecular weight is 285 g/mol. The van der Waals surface area contributed by atoms with E-state index < -0.39 is 5.60 Å². The molecule has 0 aliphatic heterocycles. The first-order chi connectivity index (χ1) is 8.84. The Kier molecular flexibility index (Phi) is 4.79. The van der Waals surface area contributed by atoms with Crippen LogP contribution < -0.4 is 0 Å². The molecule has 4 nitrogen and oxygen atoms in total. The van der Waals surface area contributed by atoms with Crippen LogP contribution in [-0.4, -0.2) is 39.4 Å². The number of amides is 1. The van der Waals surface area contributed by atoms with Crippen LogP contribution in [0.2, 0.25) is 0 Å². The van der Waals surface area contributed by atoms with E-state index in [0.29, 0.717) is 11.8 Å². The third kappa shape index (κ3) is 4.37. The third-order valence-corrected chi connectivity index (χ3v) is 3.85. The SMILES string of the molecule is C[C@H](O)[C@H]1C[C@H]1[C@H](C)N(C(=O)OC(C)(C)C)C(C)(C)C. The van der Waals surface area contributed by atoms with Crippen LogP contribution in [-0.2, 0) is 4.74 Å². The van der Waals surface area contributed by atoms with Gasteiger partial charge in [-0.1, -0.05) is 0 Å². The summed E-state index contributed by atoms with van der Waals surface area (Å²) in [6, 6.07) is 0.0736. The highest BCUT2D eigenvalue weighted by Gasteiger charge is 2.49. The Hall–Kier alpha value is -0.770. The van der Waals surface area contributed by atoms with Crippen LogP contribution in [0, 0.1) is 11.8 Å². The smallest absolute Gasteiger partial charge is 0.410 e. The van der Waals surface area contributed by atoms with Crippen LogP contribution in [0.4, 0.5) is 4.79 Å². The fourth-order valence-corrected chi connectivity index (χ4v) is 2.90. The van der Waals surface area contributed by atoms with Gasteiger partial charge in [-0.3, -0.25) is 0 Å². The van der Waals surface area contributed by atoms with E-state index in [1.165, 1.54) is 0 Å². The predicted molar refractivity (Wildman–Crippen MR) is 80.6 cm³/mol. The molecule has 0 aromatic heterocycles. The van der Waals surface area contributed by atoms with Crippen molar-refractivity contribution >= 4 is 6.09 Å². The van der Waals surface area contributed by atoms with Gasteiger partial charge in [0.15, 0.2) is 0 Å². The van der Waals surface area contributed by atoms with Gasteiger partial charge >= 0.3 is 6.09 Å². The van der Waals surface area contributed by atoms with Gasteiger partial charge in [-0.05, 0) is 73.6 Å². The summed E-state index contributed by atoms with van der Waals surface area (Å²) in [7, 11) is 0. The van der Waals surface area contributed by atoms with E-state index in [0.717, 1.165) is 6.42 Å². The van der Waals surface area contributed by atoms with Gasteiger partial charge in [0.05, 0.1) is 6.10 Å². The zero-order valence-corrected chi connectivity index (χ0v) is 14.2. The molecule has 1 amide bonds. The molecular formula is C16H31NO3. The minimum atomic E-state index is -0.493. The van der Waals surface area contributed by atoms with Crippen LogP contribution in [0.15, 0.2) is 0 Å². The molecule has 1 fully saturated rings. The lowest BCUT2D eigenvalue weighted by molar-refractivity contribution is -0.01000. The van der Waals surface area contributed by atoms with Crippen LogP contribution in [0.25, 0.3) is 0 Å². The van der Waals surface area contributed by atoms with E-state index in [1.807, 2.05) is 53.4 Å². The first-order valence-electron chi connectivity index (χ1n) is 7.55. The van der Waals surface area contributed by atoms with Gasteiger partial charge in [0.2, 0.25) is 0 Å². The fourth-order valence-electron chi connectivity index (χ4n) is 2.90. The lowest BCUT2D eigenvalue weighted by atomic mass is 10.0. The van der Waals surface area contributed by atoms with Gasteiger partial charge in [0, 0.05) is 11.6 Å². The Morgan fingerprint density at radius 3 is 1.95 bits per heavy atom.